The van der Waals surface area contributed by atoms with Crippen LogP contribution in [0.4, 0.5) is 5.69 Å². The number of methoxy groups -OCH3 is 1. The van der Waals surface area contributed by atoms with E-state index in [1.165, 1.54) is 19.2 Å². The van der Waals surface area contributed by atoms with E-state index in [-0.39, 0.29) is 41.9 Å². The lowest BCUT2D eigenvalue weighted by Gasteiger charge is -2.26. The van der Waals surface area contributed by atoms with Crippen LogP contribution in [0, 0.1) is 0 Å². The Morgan fingerprint density at radius 3 is 2.54 bits per heavy atom. The third-order valence-electron chi connectivity index (χ3n) is 5.85. The van der Waals surface area contributed by atoms with Crippen molar-refractivity contribution in [3.8, 4) is 5.75 Å². The highest BCUT2D eigenvalue weighted by atomic mass is 79.9. The average Bonchev–Trinajstić information content (AvgIpc) is 3.29. The van der Waals surface area contributed by atoms with Gasteiger partial charge in [-0.25, -0.2) is 8.42 Å². The third-order valence-corrected chi connectivity index (χ3v) is 8.90. The number of sulfonamides is 1. The van der Waals surface area contributed by atoms with Gasteiger partial charge in [0.25, 0.3) is 10.0 Å². The smallest absolute Gasteiger partial charge is 0.309 e. The molecule has 0 fully saturated rings. The summed E-state index contributed by atoms with van der Waals surface area (Å²) in [5.74, 6) is -0.183. The Kier molecular flexibility index (Phi) is 8.41. The van der Waals surface area contributed by atoms with E-state index in [0.29, 0.717) is 15.9 Å². The number of anilines is 1. The van der Waals surface area contributed by atoms with Crippen LogP contribution < -0.4 is 14.4 Å². The number of para-hydroxylation sites is 1. The summed E-state index contributed by atoms with van der Waals surface area (Å²) in [7, 11) is -2.73. The molecule has 11 heteroatoms. The Balaban J connectivity index is 1.42. The first-order valence-corrected chi connectivity index (χ1v) is 14.0. The van der Waals surface area contributed by atoms with Crippen molar-refractivity contribution in [2.75, 3.05) is 24.6 Å². The molecular weight excluding hydrogens is 584 g/mol. The number of rotatable bonds is 9. The molecule has 1 heterocycles. The van der Waals surface area contributed by atoms with Gasteiger partial charge in [0, 0.05) is 10.9 Å². The molecule has 3 aromatic rings. The predicted molar refractivity (Wildman–Crippen MR) is 143 cm³/mol. The highest BCUT2D eigenvalue weighted by Crippen LogP contribution is 2.38. The van der Waals surface area contributed by atoms with Crippen LogP contribution in [0.1, 0.15) is 11.1 Å². The van der Waals surface area contributed by atoms with Crippen molar-refractivity contribution in [3.05, 3.63) is 87.4 Å². The number of carbonyl (C=O) groups excluding carboxylic acids is 2. The van der Waals surface area contributed by atoms with Crippen molar-refractivity contribution in [2.45, 2.75) is 23.8 Å². The van der Waals surface area contributed by atoms with Crippen LogP contribution in [0.5, 0.6) is 5.75 Å². The number of hydrogen-bond donors (Lipinski definition) is 1. The molecule has 1 amide bonds. The van der Waals surface area contributed by atoms with Crippen LogP contribution in [-0.2, 0) is 37.2 Å². The Bertz CT molecular complexity index is 1410. The van der Waals surface area contributed by atoms with Gasteiger partial charge in [-0.3, -0.25) is 13.9 Å². The minimum atomic E-state index is -4.07. The molecule has 0 aliphatic carbocycles. The topological polar surface area (TPSA) is 102 Å². The van der Waals surface area contributed by atoms with E-state index in [1.807, 2.05) is 12.1 Å². The molecule has 37 heavy (non-hydrogen) atoms. The van der Waals surface area contributed by atoms with Gasteiger partial charge in [0.05, 0.1) is 35.7 Å². The summed E-state index contributed by atoms with van der Waals surface area (Å²) < 4.78 is 39.3. The summed E-state index contributed by atoms with van der Waals surface area (Å²) in [6.45, 7) is 0.352. The Morgan fingerprint density at radius 2 is 1.84 bits per heavy atom. The molecular formula is C26H24BrClN2O6S. The summed E-state index contributed by atoms with van der Waals surface area (Å²) in [5, 5.41) is 3.04. The molecule has 0 saturated carbocycles. The fourth-order valence-corrected chi connectivity index (χ4v) is 6.18. The fraction of sp³-hybridized carbons (Fsp3) is 0.231. The maximum atomic E-state index is 13.6. The van der Waals surface area contributed by atoms with Gasteiger partial charge in [-0.05, 0) is 63.5 Å². The summed E-state index contributed by atoms with van der Waals surface area (Å²) >= 11 is 9.43. The van der Waals surface area contributed by atoms with Gasteiger partial charge >= 0.3 is 5.97 Å². The van der Waals surface area contributed by atoms with Crippen molar-refractivity contribution in [2.24, 2.45) is 0 Å². The molecule has 0 saturated heterocycles. The minimum absolute atomic E-state index is 0.00539. The molecule has 0 bridgehead atoms. The molecule has 1 aliphatic heterocycles. The lowest BCUT2D eigenvalue weighted by atomic mass is 10.1. The van der Waals surface area contributed by atoms with Gasteiger partial charge in [-0.2, -0.15) is 0 Å². The first kappa shape index (κ1) is 27.0. The first-order valence-electron chi connectivity index (χ1n) is 11.3. The van der Waals surface area contributed by atoms with E-state index in [0.717, 1.165) is 15.4 Å². The molecule has 8 nitrogen and oxygen atoms in total. The predicted octanol–water partition coefficient (Wildman–Crippen LogP) is 4.13. The number of fused-ring (bicyclic) bond motifs is 1. The number of benzene rings is 3. The summed E-state index contributed by atoms with van der Waals surface area (Å²) in [5.41, 5.74) is 2.02. The third kappa shape index (κ3) is 6.08. The standard InChI is InChI=1S/C26H24BrClN2O6S/c1-35-25(31)14-17-6-8-19(9-7-17)36-13-12-29-26(32)24-15-18-4-2-3-5-23(18)30(24)37(33,34)20-10-11-21(27)22(28)16-20/h2-11,16,24H,12-15H2,1H3,(H,29,32)/t24-/m0/s1. The molecule has 1 N–H and O–H groups in total. The zero-order valence-electron chi connectivity index (χ0n) is 19.8. The van der Waals surface area contributed by atoms with Crippen molar-refractivity contribution >= 4 is 55.1 Å². The molecule has 0 unspecified atom stereocenters. The molecule has 0 radical (unpaired) electrons. The van der Waals surface area contributed by atoms with Crippen LogP contribution in [0.2, 0.25) is 5.02 Å². The molecule has 1 atom stereocenters. The lowest BCUT2D eigenvalue weighted by Crippen LogP contribution is -2.48. The van der Waals surface area contributed by atoms with Crippen LogP contribution in [0.15, 0.2) is 76.1 Å². The second-order valence-electron chi connectivity index (χ2n) is 8.26. The highest BCUT2D eigenvalue weighted by molar-refractivity contribution is 9.10. The normalized spacial score (nSPS) is 14.7. The Morgan fingerprint density at radius 1 is 1.11 bits per heavy atom. The largest absolute Gasteiger partial charge is 0.492 e. The number of esters is 1. The molecule has 0 spiro atoms. The van der Waals surface area contributed by atoms with E-state index >= 15 is 0 Å². The zero-order chi connectivity index (χ0) is 26.6. The van der Waals surface area contributed by atoms with Crippen molar-refractivity contribution < 1.29 is 27.5 Å². The minimum Gasteiger partial charge on any atom is -0.492 e. The van der Waals surface area contributed by atoms with Crippen LogP contribution >= 0.6 is 27.5 Å². The number of hydrogen-bond acceptors (Lipinski definition) is 6. The van der Waals surface area contributed by atoms with Gasteiger partial charge in [0.1, 0.15) is 18.4 Å². The Hall–Kier alpha value is -3.08. The number of carbonyl (C=O) groups is 2. The van der Waals surface area contributed by atoms with Crippen LogP contribution in [-0.4, -0.2) is 46.6 Å². The first-order chi connectivity index (χ1) is 17.7. The van der Waals surface area contributed by atoms with Gasteiger partial charge in [-0.1, -0.05) is 41.9 Å². The number of amides is 1. The number of nitrogens with zero attached hydrogens (tertiary/aromatic N) is 1. The second-order valence-corrected chi connectivity index (χ2v) is 11.3. The number of nitrogens with one attached hydrogen (secondary N) is 1. The maximum Gasteiger partial charge on any atom is 0.309 e. The van der Waals surface area contributed by atoms with Gasteiger partial charge in [0.15, 0.2) is 0 Å². The summed E-state index contributed by atoms with van der Waals surface area (Å²) in [6.07, 6.45) is 0.413. The molecule has 1 aliphatic rings. The Labute approximate surface area is 228 Å². The molecule has 3 aromatic carbocycles. The monoisotopic (exact) mass is 606 g/mol. The van der Waals surface area contributed by atoms with E-state index in [4.69, 9.17) is 16.3 Å². The molecule has 4 rings (SSSR count). The van der Waals surface area contributed by atoms with Crippen LogP contribution in [0.3, 0.4) is 0 Å². The van der Waals surface area contributed by atoms with Crippen molar-refractivity contribution in [1.82, 2.24) is 5.32 Å². The quantitative estimate of drug-likeness (QED) is 0.290. The van der Waals surface area contributed by atoms with E-state index in [1.54, 1.807) is 42.5 Å². The summed E-state index contributed by atoms with van der Waals surface area (Å²) in [4.78, 5) is 24.5. The van der Waals surface area contributed by atoms with Crippen molar-refractivity contribution in [1.29, 1.82) is 0 Å². The summed E-state index contributed by atoms with van der Waals surface area (Å²) in [6, 6.07) is 17.4. The lowest BCUT2D eigenvalue weighted by molar-refractivity contribution is -0.139. The SMILES string of the molecule is COC(=O)Cc1ccc(OCCNC(=O)[C@@H]2Cc3ccccc3N2S(=O)(=O)c2ccc(Br)c(Cl)c2)cc1. The maximum absolute atomic E-state index is 13.6. The van der Waals surface area contributed by atoms with Crippen molar-refractivity contribution in [3.63, 3.8) is 0 Å². The molecule has 194 valence electrons. The van der Waals surface area contributed by atoms with E-state index in [9.17, 15) is 18.0 Å². The highest BCUT2D eigenvalue weighted by Gasteiger charge is 2.42. The van der Waals surface area contributed by atoms with Crippen LogP contribution in [0.25, 0.3) is 0 Å². The average molecular weight is 608 g/mol. The van der Waals surface area contributed by atoms with E-state index < -0.39 is 22.0 Å². The fourth-order valence-electron chi connectivity index (χ4n) is 4.01. The van der Waals surface area contributed by atoms with Gasteiger partial charge < -0.3 is 14.8 Å². The number of ether oxygens (including phenoxy) is 2. The zero-order valence-corrected chi connectivity index (χ0v) is 23.0. The van der Waals surface area contributed by atoms with E-state index in [2.05, 4.69) is 26.0 Å². The molecule has 0 aromatic heterocycles. The second kappa shape index (κ2) is 11.5. The van der Waals surface area contributed by atoms with Gasteiger partial charge in [-0.15, -0.1) is 0 Å². The number of halogens is 2. The van der Waals surface area contributed by atoms with Gasteiger partial charge in [0.2, 0.25) is 5.91 Å².